The minimum Gasteiger partial charge on any atom is -0.759 e. The van der Waals surface area contributed by atoms with Crippen molar-refractivity contribution < 1.29 is 69.9 Å². The molecule has 0 spiro atoms. The molecule has 17 heteroatoms. The van der Waals surface area contributed by atoms with Crippen molar-refractivity contribution >= 4 is 48.6 Å². The average molecular weight is 367 g/mol. The van der Waals surface area contributed by atoms with Crippen LogP contribution in [0.2, 0.25) is 0 Å². The van der Waals surface area contributed by atoms with E-state index in [4.69, 9.17) is 52.6 Å². The first kappa shape index (κ1) is 30.6. The first-order chi connectivity index (χ1) is 6.00. The summed E-state index contributed by atoms with van der Waals surface area (Å²) in [4.78, 5) is 0. The molecule has 0 unspecified atom stereocenters. The molecule has 99 valence electrons. The van der Waals surface area contributed by atoms with E-state index in [1.54, 1.807) is 0 Å². The van der Waals surface area contributed by atoms with Crippen molar-refractivity contribution in [3.05, 3.63) is 0 Å². The second kappa shape index (κ2) is 11.7. The summed E-state index contributed by atoms with van der Waals surface area (Å²) in [5.41, 5.74) is 0. The average Bonchev–Trinajstić information content (AvgIpc) is 1.41. The summed E-state index contributed by atoms with van der Waals surface area (Å²) < 4.78 is 102. The van der Waals surface area contributed by atoms with E-state index in [9.17, 15) is 0 Å². The molecule has 0 rings (SSSR count). The Morgan fingerprint density at radius 3 is 0.471 bits per heavy atom. The van der Waals surface area contributed by atoms with Gasteiger partial charge in [0.2, 0.25) is 0 Å². The number of hydrogen-bond acceptors (Lipinski definition) is 12. The molecular formula is AlCrO12S3. The fraction of sp³-hybridized carbons (Fsp3) is 0. The summed E-state index contributed by atoms with van der Waals surface area (Å²) in [6.07, 6.45) is 0. The molecule has 0 aliphatic carbocycles. The third kappa shape index (κ3) is 7880. The van der Waals surface area contributed by atoms with E-state index in [1.165, 1.54) is 0 Å². The molecule has 0 aromatic rings. The molecule has 17 heavy (non-hydrogen) atoms. The third-order valence-corrected chi connectivity index (χ3v) is 0. The molecule has 0 aromatic carbocycles. The molecule has 0 heterocycles. The second-order valence-electron chi connectivity index (χ2n) is 1.22. The monoisotopic (exact) mass is 367 g/mol. The van der Waals surface area contributed by atoms with E-state index in [2.05, 4.69) is 0 Å². The van der Waals surface area contributed by atoms with Crippen LogP contribution >= 0.6 is 0 Å². The summed E-state index contributed by atoms with van der Waals surface area (Å²) >= 11 is 0. The Bertz CT molecular complexity index is 343. The Hall–Kier alpha value is 0.675. The quantitative estimate of drug-likeness (QED) is 0.224. The molecule has 0 aromatic heterocycles. The van der Waals surface area contributed by atoms with E-state index in [1.807, 2.05) is 0 Å². The molecule has 0 saturated heterocycles. The third-order valence-electron chi connectivity index (χ3n) is 0. The Morgan fingerprint density at radius 1 is 0.471 bits per heavy atom. The van der Waals surface area contributed by atoms with Crippen LogP contribution in [0.5, 0.6) is 0 Å². The fourth-order valence-corrected chi connectivity index (χ4v) is 0. The van der Waals surface area contributed by atoms with Gasteiger partial charge in [0.15, 0.2) is 0 Å². The largest absolute Gasteiger partial charge is 3.00 e. The van der Waals surface area contributed by atoms with Gasteiger partial charge in [-0.05, 0) is 0 Å². The summed E-state index contributed by atoms with van der Waals surface area (Å²) in [5.74, 6) is 0. The SMILES string of the molecule is O=S(=O)([O-])[O-].O=S(=O)([O-])[O-].O=S(=O)([O-])[O-].[Al+3].[Cr+3]. The standard InChI is InChI=1S/Al.Cr.3H2O4S/c;;3*1-5(2,3)4/h;;3*(H2,1,2,3,4)/q2*+3;;;/p-6. The zero-order valence-electron chi connectivity index (χ0n) is 7.11. The van der Waals surface area contributed by atoms with Gasteiger partial charge < -0.3 is 27.3 Å². The van der Waals surface area contributed by atoms with Gasteiger partial charge in [0.25, 0.3) is 0 Å². The van der Waals surface area contributed by atoms with Crippen molar-refractivity contribution in [2.75, 3.05) is 0 Å². The van der Waals surface area contributed by atoms with E-state index in [0.717, 1.165) is 0 Å². The smallest absolute Gasteiger partial charge is 0.759 e. The summed E-state index contributed by atoms with van der Waals surface area (Å²) in [7, 11) is -15.5. The Kier molecular flexibility index (Phi) is 21.1. The molecule has 0 fully saturated rings. The minimum absolute atomic E-state index is 0. The van der Waals surface area contributed by atoms with Crippen molar-refractivity contribution in [3.63, 3.8) is 0 Å². The topological polar surface area (TPSA) is 241 Å². The van der Waals surface area contributed by atoms with Crippen molar-refractivity contribution in [2.24, 2.45) is 0 Å². The zero-order chi connectivity index (χ0) is 13.5. The summed E-state index contributed by atoms with van der Waals surface area (Å²) in [6.45, 7) is 0. The normalized spacial score (nSPS) is 10.2. The maximum absolute atomic E-state index is 8.52. The molecule has 0 aliphatic rings. The van der Waals surface area contributed by atoms with Crippen molar-refractivity contribution in [1.82, 2.24) is 0 Å². The zero-order valence-corrected chi connectivity index (χ0v) is 12.0. The Balaban J connectivity index is -0.0000000400. The van der Waals surface area contributed by atoms with Crippen LogP contribution in [0, 0.1) is 0 Å². The van der Waals surface area contributed by atoms with Crippen molar-refractivity contribution in [3.8, 4) is 0 Å². The molecule has 12 nitrogen and oxygen atoms in total. The van der Waals surface area contributed by atoms with Crippen LogP contribution in [0.4, 0.5) is 0 Å². The van der Waals surface area contributed by atoms with Crippen LogP contribution < -0.4 is 0 Å². The van der Waals surface area contributed by atoms with Gasteiger partial charge in [-0.15, -0.1) is 0 Å². The molecule has 0 saturated carbocycles. The summed E-state index contributed by atoms with van der Waals surface area (Å²) in [5, 5.41) is 0. The second-order valence-corrected chi connectivity index (χ2v) is 3.67. The van der Waals surface area contributed by atoms with E-state index in [-0.39, 0.29) is 34.7 Å². The first-order valence-electron chi connectivity index (χ1n) is 2.00. The van der Waals surface area contributed by atoms with Crippen LogP contribution in [0.25, 0.3) is 0 Å². The van der Waals surface area contributed by atoms with Crippen molar-refractivity contribution in [1.29, 1.82) is 0 Å². The van der Waals surface area contributed by atoms with E-state index in [0.29, 0.717) is 0 Å². The predicted octanol–water partition coefficient (Wildman–Crippen LogP) is -4.40. The molecule has 0 N–H and O–H groups in total. The van der Waals surface area contributed by atoms with Crippen LogP contribution in [-0.4, -0.2) is 69.9 Å². The van der Waals surface area contributed by atoms with Gasteiger partial charge in [0, 0.05) is 31.2 Å². The number of rotatable bonds is 0. The van der Waals surface area contributed by atoms with Crippen molar-refractivity contribution in [2.45, 2.75) is 0 Å². The van der Waals surface area contributed by atoms with E-state index >= 15 is 0 Å². The first-order valence-corrected chi connectivity index (χ1v) is 6.00. The van der Waals surface area contributed by atoms with Gasteiger partial charge in [0.1, 0.15) is 0 Å². The van der Waals surface area contributed by atoms with Gasteiger partial charge in [-0.2, -0.15) is 0 Å². The van der Waals surface area contributed by atoms with Crippen LogP contribution in [0.15, 0.2) is 0 Å². The predicted molar refractivity (Wildman–Crippen MR) is 37.2 cm³/mol. The van der Waals surface area contributed by atoms with Gasteiger partial charge in [-0.1, -0.05) is 0 Å². The molecule has 0 amide bonds. The molecule has 1 radical (unpaired) electrons. The Labute approximate surface area is 118 Å². The molecule has 0 bridgehead atoms. The van der Waals surface area contributed by atoms with Gasteiger partial charge in [-0.25, -0.2) is 0 Å². The maximum Gasteiger partial charge on any atom is 3.00 e. The molecule has 0 aliphatic heterocycles. The minimum atomic E-state index is -5.17. The van der Waals surface area contributed by atoms with Crippen LogP contribution in [-0.2, 0) is 48.6 Å². The molecular weight excluding hydrogens is 367 g/mol. The maximum atomic E-state index is 8.52. The van der Waals surface area contributed by atoms with Crippen LogP contribution in [0.1, 0.15) is 0 Å². The summed E-state index contributed by atoms with van der Waals surface area (Å²) in [6, 6.07) is 0. The van der Waals surface area contributed by atoms with Gasteiger partial charge in [-0.3, -0.25) is 25.3 Å². The van der Waals surface area contributed by atoms with Gasteiger partial charge >= 0.3 is 34.7 Å². The van der Waals surface area contributed by atoms with Crippen LogP contribution in [0.3, 0.4) is 0 Å². The fourth-order valence-electron chi connectivity index (χ4n) is 0. The van der Waals surface area contributed by atoms with Gasteiger partial charge in [0.05, 0.1) is 0 Å². The van der Waals surface area contributed by atoms with E-state index < -0.39 is 31.2 Å². The number of hydrogen-bond donors (Lipinski definition) is 0. The Morgan fingerprint density at radius 2 is 0.471 bits per heavy atom. The molecule has 0 atom stereocenters.